The summed E-state index contributed by atoms with van der Waals surface area (Å²) in [6, 6.07) is 11.9. The molecule has 3 aromatic rings. The van der Waals surface area contributed by atoms with Crippen molar-refractivity contribution in [3.05, 3.63) is 47.5 Å². The molecule has 0 spiro atoms. The zero-order valence-electron chi connectivity index (χ0n) is 12.4. The predicted octanol–water partition coefficient (Wildman–Crippen LogP) is 4.39. The van der Waals surface area contributed by atoms with Crippen molar-refractivity contribution in [3.63, 3.8) is 0 Å². The Morgan fingerprint density at radius 3 is 2.62 bits per heavy atom. The maximum atomic E-state index is 12.3. The number of anilines is 1. The summed E-state index contributed by atoms with van der Waals surface area (Å²) in [6.45, 7) is 0. The first kappa shape index (κ1) is 16.3. The van der Waals surface area contributed by atoms with Crippen molar-refractivity contribution in [2.24, 2.45) is 7.05 Å². The fourth-order valence-corrected chi connectivity index (χ4v) is 2.59. The smallest absolute Gasteiger partial charge is 0.342 e. The van der Waals surface area contributed by atoms with Crippen molar-refractivity contribution in [1.82, 2.24) is 9.55 Å². The number of aryl methyl sites for hydroxylation is 1. The number of fused-ring (bicyclic) bond motifs is 1. The third-order valence-electron chi connectivity index (χ3n) is 3.52. The summed E-state index contributed by atoms with van der Waals surface area (Å²) >= 11 is 5.99. The van der Waals surface area contributed by atoms with Crippen LogP contribution in [-0.4, -0.2) is 21.6 Å². The van der Waals surface area contributed by atoms with Gasteiger partial charge >= 0.3 is 12.1 Å². The van der Waals surface area contributed by atoms with Gasteiger partial charge in [-0.15, -0.1) is 0 Å². The SMILES string of the molecule is Cn1c(-c2cccc(Cl)c2)cc2nc(NC(=O)C(F)(F)F)ccc21. The Bertz CT molecular complexity index is 934. The number of carbonyl (C=O) groups is 1. The fraction of sp³-hybridized carbons (Fsp3) is 0.125. The molecule has 124 valence electrons. The van der Waals surface area contributed by atoms with Crippen LogP contribution in [0.15, 0.2) is 42.5 Å². The van der Waals surface area contributed by atoms with E-state index >= 15 is 0 Å². The summed E-state index contributed by atoms with van der Waals surface area (Å²) in [5.41, 5.74) is 2.84. The van der Waals surface area contributed by atoms with Crippen LogP contribution in [0.25, 0.3) is 22.3 Å². The third-order valence-corrected chi connectivity index (χ3v) is 3.75. The molecule has 0 saturated heterocycles. The number of amides is 1. The molecule has 1 N–H and O–H groups in total. The van der Waals surface area contributed by atoms with Crippen molar-refractivity contribution >= 4 is 34.4 Å². The van der Waals surface area contributed by atoms with Crippen molar-refractivity contribution in [2.45, 2.75) is 6.18 Å². The molecule has 0 unspecified atom stereocenters. The van der Waals surface area contributed by atoms with E-state index in [-0.39, 0.29) is 5.82 Å². The van der Waals surface area contributed by atoms with Gasteiger partial charge in [0.25, 0.3) is 0 Å². The van der Waals surface area contributed by atoms with Gasteiger partial charge in [-0.3, -0.25) is 4.79 Å². The standard InChI is InChI=1S/C16H11ClF3N3O/c1-23-12-5-6-14(22-15(24)16(18,19)20)21-11(12)8-13(23)9-3-2-4-10(17)7-9/h2-8H,1H3,(H,21,22,24). The Labute approximate surface area is 139 Å². The van der Waals surface area contributed by atoms with E-state index in [2.05, 4.69) is 4.98 Å². The molecular formula is C16H11ClF3N3O. The third kappa shape index (κ3) is 3.07. The molecule has 4 nitrogen and oxygen atoms in total. The van der Waals surface area contributed by atoms with Crippen LogP contribution in [0.3, 0.4) is 0 Å². The summed E-state index contributed by atoms with van der Waals surface area (Å²) in [7, 11) is 1.81. The zero-order valence-corrected chi connectivity index (χ0v) is 13.1. The number of aromatic nitrogens is 2. The molecular weight excluding hydrogens is 343 g/mol. The Kier molecular flexibility index (Phi) is 3.96. The highest BCUT2D eigenvalue weighted by atomic mass is 35.5. The van der Waals surface area contributed by atoms with Gasteiger partial charge in [0.1, 0.15) is 5.82 Å². The van der Waals surface area contributed by atoms with Gasteiger partial charge in [-0.05, 0) is 35.9 Å². The highest BCUT2D eigenvalue weighted by Gasteiger charge is 2.38. The number of nitrogens with zero attached hydrogens (tertiary/aromatic N) is 2. The van der Waals surface area contributed by atoms with Crippen molar-refractivity contribution in [3.8, 4) is 11.3 Å². The van der Waals surface area contributed by atoms with Gasteiger partial charge in [-0.25, -0.2) is 4.98 Å². The average Bonchev–Trinajstić information content (AvgIpc) is 2.83. The van der Waals surface area contributed by atoms with E-state index < -0.39 is 12.1 Å². The minimum absolute atomic E-state index is 0.159. The number of hydrogen-bond acceptors (Lipinski definition) is 2. The Morgan fingerprint density at radius 1 is 1.21 bits per heavy atom. The minimum atomic E-state index is -4.96. The molecule has 1 aromatic carbocycles. The summed E-state index contributed by atoms with van der Waals surface area (Å²) in [5.74, 6) is -2.21. The molecule has 0 radical (unpaired) electrons. The number of pyridine rings is 1. The summed E-state index contributed by atoms with van der Waals surface area (Å²) in [6.07, 6.45) is -4.96. The van der Waals surface area contributed by atoms with Crippen LogP contribution < -0.4 is 5.32 Å². The van der Waals surface area contributed by atoms with Crippen molar-refractivity contribution in [1.29, 1.82) is 0 Å². The molecule has 3 rings (SSSR count). The Hall–Kier alpha value is -2.54. The quantitative estimate of drug-likeness (QED) is 0.742. The van der Waals surface area contributed by atoms with Gasteiger partial charge in [-0.2, -0.15) is 13.2 Å². The van der Waals surface area contributed by atoms with E-state index in [9.17, 15) is 18.0 Å². The normalized spacial score (nSPS) is 11.7. The molecule has 2 aromatic heterocycles. The fourth-order valence-electron chi connectivity index (χ4n) is 2.40. The molecule has 24 heavy (non-hydrogen) atoms. The highest BCUT2D eigenvalue weighted by Crippen LogP contribution is 2.29. The summed E-state index contributed by atoms with van der Waals surface area (Å²) < 4.78 is 38.8. The van der Waals surface area contributed by atoms with E-state index in [4.69, 9.17) is 11.6 Å². The van der Waals surface area contributed by atoms with Crippen LogP contribution in [0.1, 0.15) is 0 Å². The molecule has 0 atom stereocenters. The first-order valence-corrected chi connectivity index (χ1v) is 7.24. The molecule has 0 bridgehead atoms. The second-order valence-corrected chi connectivity index (χ2v) is 5.59. The van der Waals surface area contributed by atoms with Gasteiger partial charge in [0.2, 0.25) is 0 Å². The van der Waals surface area contributed by atoms with Crippen LogP contribution in [0.5, 0.6) is 0 Å². The number of nitrogens with one attached hydrogen (secondary N) is 1. The Balaban J connectivity index is 2.01. The highest BCUT2D eigenvalue weighted by molar-refractivity contribution is 6.30. The lowest BCUT2D eigenvalue weighted by Gasteiger charge is -2.07. The van der Waals surface area contributed by atoms with Crippen molar-refractivity contribution in [2.75, 3.05) is 5.32 Å². The van der Waals surface area contributed by atoms with Gasteiger partial charge in [0, 0.05) is 12.1 Å². The Morgan fingerprint density at radius 2 is 1.96 bits per heavy atom. The monoisotopic (exact) mass is 353 g/mol. The van der Waals surface area contributed by atoms with E-state index in [1.807, 2.05) is 17.7 Å². The van der Waals surface area contributed by atoms with Gasteiger partial charge < -0.3 is 9.88 Å². The predicted molar refractivity (Wildman–Crippen MR) is 85.8 cm³/mol. The maximum Gasteiger partial charge on any atom is 0.471 e. The van der Waals surface area contributed by atoms with Crippen LogP contribution in [-0.2, 0) is 11.8 Å². The van der Waals surface area contributed by atoms with E-state index in [1.54, 1.807) is 35.6 Å². The number of rotatable bonds is 2. The number of benzene rings is 1. The average molecular weight is 354 g/mol. The molecule has 0 fully saturated rings. The van der Waals surface area contributed by atoms with Crippen LogP contribution >= 0.6 is 11.6 Å². The van der Waals surface area contributed by atoms with Crippen LogP contribution in [0.2, 0.25) is 5.02 Å². The lowest BCUT2D eigenvalue weighted by molar-refractivity contribution is -0.167. The lowest BCUT2D eigenvalue weighted by atomic mass is 10.1. The topological polar surface area (TPSA) is 46.9 Å². The molecule has 0 aliphatic carbocycles. The largest absolute Gasteiger partial charge is 0.471 e. The summed E-state index contributed by atoms with van der Waals surface area (Å²) in [5, 5.41) is 2.32. The number of hydrogen-bond donors (Lipinski definition) is 1. The van der Waals surface area contributed by atoms with E-state index in [1.165, 1.54) is 6.07 Å². The number of carbonyl (C=O) groups excluding carboxylic acids is 1. The van der Waals surface area contributed by atoms with Crippen LogP contribution in [0, 0.1) is 0 Å². The van der Waals surface area contributed by atoms with Gasteiger partial charge in [0.15, 0.2) is 0 Å². The van der Waals surface area contributed by atoms with E-state index in [0.29, 0.717) is 10.5 Å². The molecule has 0 aliphatic heterocycles. The van der Waals surface area contributed by atoms with Crippen LogP contribution in [0.4, 0.5) is 19.0 Å². The molecule has 8 heteroatoms. The second-order valence-electron chi connectivity index (χ2n) is 5.15. The molecule has 0 aliphatic rings. The maximum absolute atomic E-state index is 12.3. The van der Waals surface area contributed by atoms with Crippen molar-refractivity contribution < 1.29 is 18.0 Å². The lowest BCUT2D eigenvalue weighted by Crippen LogP contribution is -2.30. The summed E-state index contributed by atoms with van der Waals surface area (Å²) in [4.78, 5) is 15.1. The number of alkyl halides is 3. The first-order valence-electron chi connectivity index (χ1n) is 6.86. The van der Waals surface area contributed by atoms with E-state index in [0.717, 1.165) is 16.8 Å². The molecule has 0 saturated carbocycles. The second kappa shape index (κ2) is 5.83. The van der Waals surface area contributed by atoms with Gasteiger partial charge in [-0.1, -0.05) is 23.7 Å². The minimum Gasteiger partial charge on any atom is -0.342 e. The first-order chi connectivity index (χ1) is 11.3. The van der Waals surface area contributed by atoms with Gasteiger partial charge in [0.05, 0.1) is 16.7 Å². The zero-order chi connectivity index (χ0) is 17.5. The molecule has 2 heterocycles. The number of halogens is 4. The molecule has 1 amide bonds.